The third kappa shape index (κ3) is 1.18. The Kier molecular flexibility index (Phi) is 2.09. The normalized spacial score (nSPS) is 21.1. The molecule has 3 rings (SSSR count). The maximum Gasteiger partial charge on any atom is 0.186 e. The van der Waals surface area contributed by atoms with E-state index in [0.29, 0.717) is 11.1 Å². The van der Waals surface area contributed by atoms with Gasteiger partial charge in [0.1, 0.15) is 0 Å². The van der Waals surface area contributed by atoms with Gasteiger partial charge in [-0.3, -0.25) is 9.59 Å². The van der Waals surface area contributed by atoms with Crippen molar-refractivity contribution < 1.29 is 9.59 Å². The van der Waals surface area contributed by atoms with Gasteiger partial charge in [0.05, 0.1) is 0 Å². The van der Waals surface area contributed by atoms with Crippen LogP contribution in [0.1, 0.15) is 0 Å². The second-order valence-corrected chi connectivity index (χ2v) is 3.39. The molecule has 0 bridgehead atoms. The van der Waals surface area contributed by atoms with E-state index in [2.05, 4.69) is 0 Å². The summed E-state index contributed by atoms with van der Waals surface area (Å²) >= 11 is 0. The summed E-state index contributed by atoms with van der Waals surface area (Å²) in [6, 6.07) is 0. The zero-order valence-corrected chi connectivity index (χ0v) is 8.51. The van der Waals surface area contributed by atoms with Crippen LogP contribution >= 0.6 is 12.4 Å². The number of hydrogen-bond acceptors (Lipinski definition) is 2. The lowest BCUT2D eigenvalue weighted by Crippen LogP contribution is -2.13. The molecule has 0 aromatic carbocycles. The monoisotopic (exact) mass is 218 g/mol. The van der Waals surface area contributed by atoms with E-state index >= 15 is 0 Å². The number of halogens is 1. The Morgan fingerprint density at radius 1 is 0.733 bits per heavy atom. The van der Waals surface area contributed by atoms with Crippen molar-refractivity contribution in [3.05, 3.63) is 58.7 Å². The molecule has 0 aromatic rings. The van der Waals surface area contributed by atoms with Gasteiger partial charge in [-0.1, -0.05) is 12.2 Å². The number of rotatable bonds is 0. The van der Waals surface area contributed by atoms with Crippen molar-refractivity contribution in [2.45, 2.75) is 0 Å². The smallest absolute Gasteiger partial charge is 0.186 e. The highest BCUT2D eigenvalue weighted by Crippen LogP contribution is 2.36. The van der Waals surface area contributed by atoms with Crippen LogP contribution in [0.5, 0.6) is 0 Å². The van der Waals surface area contributed by atoms with E-state index in [1.807, 2.05) is 0 Å². The minimum atomic E-state index is -0.0156. The van der Waals surface area contributed by atoms with Crippen molar-refractivity contribution >= 4 is 24.0 Å². The van der Waals surface area contributed by atoms with Crippen molar-refractivity contribution in [3.8, 4) is 0 Å². The molecule has 0 saturated carbocycles. The zero-order chi connectivity index (χ0) is 9.71. The molecule has 0 spiro atoms. The summed E-state index contributed by atoms with van der Waals surface area (Å²) in [4.78, 5) is 22.9. The van der Waals surface area contributed by atoms with E-state index in [4.69, 9.17) is 0 Å². The zero-order valence-electron chi connectivity index (χ0n) is 7.69. The van der Waals surface area contributed by atoms with Gasteiger partial charge < -0.3 is 0 Å². The molecule has 2 nitrogen and oxygen atoms in total. The molecule has 0 fully saturated rings. The summed E-state index contributed by atoms with van der Waals surface area (Å²) in [5.74, 6) is -0.0313. The second kappa shape index (κ2) is 3.17. The van der Waals surface area contributed by atoms with Crippen LogP contribution in [0.15, 0.2) is 58.7 Å². The molecule has 0 atom stereocenters. The van der Waals surface area contributed by atoms with Gasteiger partial charge in [0, 0.05) is 16.7 Å². The van der Waals surface area contributed by atoms with Gasteiger partial charge in [-0.05, 0) is 29.9 Å². The van der Waals surface area contributed by atoms with E-state index < -0.39 is 0 Å². The summed E-state index contributed by atoms with van der Waals surface area (Å²) < 4.78 is 0. The Bertz CT molecular complexity index is 482. The maximum absolute atomic E-state index is 11.5. The quantitative estimate of drug-likeness (QED) is 0.622. The number of carbonyl (C=O) groups is 2. The van der Waals surface area contributed by atoms with Crippen LogP contribution in [-0.4, -0.2) is 11.6 Å². The van der Waals surface area contributed by atoms with Crippen LogP contribution < -0.4 is 0 Å². The number of hydrogen-bond donors (Lipinski definition) is 0. The second-order valence-electron chi connectivity index (χ2n) is 3.39. The summed E-state index contributed by atoms with van der Waals surface area (Å²) in [6.45, 7) is 0. The summed E-state index contributed by atoms with van der Waals surface area (Å²) in [5.41, 5.74) is 3.06. The Balaban J connectivity index is 0.000000853. The van der Waals surface area contributed by atoms with Gasteiger partial charge >= 0.3 is 0 Å². The number of ketones is 2. The van der Waals surface area contributed by atoms with Crippen molar-refractivity contribution in [3.63, 3.8) is 0 Å². The third-order valence-electron chi connectivity index (χ3n) is 2.60. The molecule has 3 heteroatoms. The van der Waals surface area contributed by atoms with Crippen LogP contribution in [0.3, 0.4) is 0 Å². The molecule has 0 radical (unpaired) electrons. The average Bonchev–Trinajstić information content (AvgIpc) is 2.62. The molecular weight excluding hydrogens is 212 g/mol. The summed E-state index contributed by atoms with van der Waals surface area (Å²) in [7, 11) is 0. The van der Waals surface area contributed by atoms with Crippen molar-refractivity contribution in [2.24, 2.45) is 0 Å². The molecule has 3 aliphatic rings. The largest absolute Gasteiger partial charge is 0.289 e. The van der Waals surface area contributed by atoms with Gasteiger partial charge in [-0.25, -0.2) is 0 Å². The first-order valence-electron chi connectivity index (χ1n) is 4.39. The van der Waals surface area contributed by atoms with Gasteiger partial charge in [-0.2, -0.15) is 0 Å². The van der Waals surface area contributed by atoms with Gasteiger partial charge in [0.15, 0.2) is 11.6 Å². The number of carbonyl (C=O) groups excluding carboxylic acids is 2. The fourth-order valence-electron chi connectivity index (χ4n) is 1.93. The lowest BCUT2D eigenvalue weighted by atomic mass is 9.85. The summed E-state index contributed by atoms with van der Waals surface area (Å²) in [5, 5.41) is 0. The minimum Gasteiger partial charge on any atom is -0.289 e. The molecule has 0 saturated heterocycles. The van der Waals surface area contributed by atoms with Crippen LogP contribution in [-0.2, 0) is 9.59 Å². The highest BCUT2D eigenvalue weighted by atomic mass is 35.5. The highest BCUT2D eigenvalue weighted by Gasteiger charge is 2.29. The maximum atomic E-state index is 11.5. The molecule has 0 unspecified atom stereocenters. The van der Waals surface area contributed by atoms with Crippen LogP contribution in [0.2, 0.25) is 0 Å². The Labute approximate surface area is 92.8 Å². The summed E-state index contributed by atoms with van der Waals surface area (Å²) in [6.07, 6.45) is 10.1. The fourth-order valence-corrected chi connectivity index (χ4v) is 1.93. The molecule has 74 valence electrons. The molecule has 3 aliphatic carbocycles. The Morgan fingerprint density at radius 2 is 1.20 bits per heavy atom. The van der Waals surface area contributed by atoms with E-state index in [1.54, 1.807) is 36.5 Å². The molecule has 0 aromatic heterocycles. The van der Waals surface area contributed by atoms with Gasteiger partial charge in [0.2, 0.25) is 0 Å². The molecule has 0 aliphatic heterocycles. The third-order valence-corrected chi connectivity index (χ3v) is 2.60. The standard InChI is InChI=1S/C12H6O2.ClH/c13-10-5-1-7-2-6-11(14)9-4-3-8(10)12(7)9;/h1-6H;1H. The predicted molar refractivity (Wildman–Crippen MR) is 58.7 cm³/mol. The Morgan fingerprint density at radius 3 is 1.67 bits per heavy atom. The lowest BCUT2D eigenvalue weighted by molar-refractivity contribution is -0.111. The van der Waals surface area contributed by atoms with Gasteiger partial charge in [-0.15, -0.1) is 12.4 Å². The predicted octanol–water partition coefficient (Wildman–Crippen LogP) is 1.85. The van der Waals surface area contributed by atoms with Crippen molar-refractivity contribution in [2.75, 3.05) is 0 Å². The number of allylic oxidation sites excluding steroid dienone is 10. The molecule has 0 heterocycles. The van der Waals surface area contributed by atoms with Gasteiger partial charge in [0.25, 0.3) is 0 Å². The average molecular weight is 219 g/mol. The SMILES string of the molecule is Cl.O=C1C=CC2=C3C1=CC=C3C(=O)C=C2. The molecular formula is C12H7ClO2. The first kappa shape index (κ1) is 9.87. The van der Waals surface area contributed by atoms with E-state index in [1.165, 1.54) is 0 Å². The van der Waals surface area contributed by atoms with Crippen molar-refractivity contribution in [1.29, 1.82) is 0 Å². The molecule has 15 heavy (non-hydrogen) atoms. The van der Waals surface area contributed by atoms with Crippen LogP contribution in [0.4, 0.5) is 0 Å². The first-order valence-corrected chi connectivity index (χ1v) is 4.39. The first-order chi connectivity index (χ1) is 6.77. The Hall–Kier alpha value is -1.67. The molecule has 0 amide bonds. The lowest BCUT2D eigenvalue weighted by Gasteiger charge is -2.16. The van der Waals surface area contributed by atoms with E-state index in [-0.39, 0.29) is 24.0 Å². The van der Waals surface area contributed by atoms with Crippen LogP contribution in [0, 0.1) is 0 Å². The topological polar surface area (TPSA) is 34.1 Å². The van der Waals surface area contributed by atoms with E-state index in [0.717, 1.165) is 11.1 Å². The van der Waals surface area contributed by atoms with Crippen LogP contribution in [0.25, 0.3) is 0 Å². The molecule has 0 N–H and O–H groups in total. The highest BCUT2D eigenvalue weighted by molar-refractivity contribution is 6.20. The van der Waals surface area contributed by atoms with E-state index in [9.17, 15) is 9.59 Å². The fraction of sp³-hybridized carbons (Fsp3) is 0. The minimum absolute atomic E-state index is 0. The van der Waals surface area contributed by atoms with Crippen molar-refractivity contribution in [1.82, 2.24) is 0 Å².